The van der Waals surface area contributed by atoms with E-state index in [1.165, 1.54) is 18.4 Å². The molecule has 1 aromatic rings. The van der Waals surface area contributed by atoms with Gasteiger partial charge in [0, 0.05) is 26.7 Å². The number of likely N-dealkylation sites (N-methyl/N-ethyl adjacent to an activating group) is 1. The van der Waals surface area contributed by atoms with Gasteiger partial charge in [0.05, 0.1) is 0 Å². The standard InChI is InChI=1S/C21H32N4O2/c1-22-20(26)19-8-5-13-25(19)21(27)23-12-9-17-10-14-24(15-11-17)16-18-6-3-2-4-7-18/h2-4,6-7,17,19H,5,8-16H2,1H3,(H,22,26)(H,23,27)/t19-/m1/s1. The summed E-state index contributed by atoms with van der Waals surface area (Å²) in [6.07, 6.45) is 5.04. The van der Waals surface area contributed by atoms with Crippen LogP contribution in [0.25, 0.3) is 0 Å². The van der Waals surface area contributed by atoms with Crippen molar-refractivity contribution in [1.82, 2.24) is 20.4 Å². The largest absolute Gasteiger partial charge is 0.357 e. The van der Waals surface area contributed by atoms with Gasteiger partial charge in [0.25, 0.3) is 0 Å². The molecule has 0 radical (unpaired) electrons. The van der Waals surface area contributed by atoms with E-state index < -0.39 is 0 Å². The lowest BCUT2D eigenvalue weighted by atomic mass is 9.93. The Bertz CT molecular complexity index is 614. The van der Waals surface area contributed by atoms with Crippen LogP contribution in [-0.4, -0.2) is 61.0 Å². The van der Waals surface area contributed by atoms with E-state index in [0.717, 1.165) is 38.9 Å². The molecule has 1 aromatic carbocycles. The van der Waals surface area contributed by atoms with Gasteiger partial charge in [-0.3, -0.25) is 9.69 Å². The number of carbonyl (C=O) groups is 2. The number of piperidine rings is 1. The Hall–Kier alpha value is -2.08. The third-order valence-corrected chi connectivity index (χ3v) is 5.85. The molecule has 0 unspecified atom stereocenters. The third kappa shape index (κ3) is 5.45. The number of hydrogen-bond donors (Lipinski definition) is 2. The minimum absolute atomic E-state index is 0.0616. The number of likely N-dealkylation sites (tertiary alicyclic amines) is 2. The molecule has 2 N–H and O–H groups in total. The van der Waals surface area contributed by atoms with Crippen molar-refractivity contribution in [1.29, 1.82) is 0 Å². The van der Waals surface area contributed by atoms with Crippen molar-refractivity contribution < 1.29 is 9.59 Å². The highest BCUT2D eigenvalue weighted by molar-refractivity contribution is 5.87. The van der Waals surface area contributed by atoms with E-state index in [9.17, 15) is 9.59 Å². The number of nitrogens with one attached hydrogen (secondary N) is 2. The molecule has 148 valence electrons. The Morgan fingerprint density at radius 3 is 2.52 bits per heavy atom. The zero-order valence-corrected chi connectivity index (χ0v) is 16.3. The van der Waals surface area contributed by atoms with Crippen LogP contribution in [0.4, 0.5) is 4.79 Å². The fourth-order valence-electron chi connectivity index (χ4n) is 4.21. The van der Waals surface area contributed by atoms with Gasteiger partial charge in [0.1, 0.15) is 6.04 Å². The maximum absolute atomic E-state index is 12.4. The SMILES string of the molecule is CNC(=O)[C@H]1CCCN1C(=O)NCCC1CCN(Cc2ccccc2)CC1. The molecule has 0 bridgehead atoms. The molecule has 1 atom stereocenters. The van der Waals surface area contributed by atoms with E-state index >= 15 is 0 Å². The first-order chi connectivity index (χ1) is 13.2. The molecule has 2 fully saturated rings. The first kappa shape index (κ1) is 19.7. The fraction of sp³-hybridized carbons (Fsp3) is 0.619. The summed E-state index contributed by atoms with van der Waals surface area (Å²) in [4.78, 5) is 28.5. The number of benzene rings is 1. The second-order valence-corrected chi connectivity index (χ2v) is 7.69. The van der Waals surface area contributed by atoms with Crippen molar-refractivity contribution in [3.63, 3.8) is 0 Å². The van der Waals surface area contributed by atoms with Gasteiger partial charge < -0.3 is 15.5 Å². The minimum atomic E-state index is -0.309. The van der Waals surface area contributed by atoms with Crippen molar-refractivity contribution in [3.05, 3.63) is 35.9 Å². The van der Waals surface area contributed by atoms with E-state index in [0.29, 0.717) is 19.0 Å². The highest BCUT2D eigenvalue weighted by Crippen LogP contribution is 2.22. The number of amides is 3. The van der Waals surface area contributed by atoms with Crippen LogP contribution in [0, 0.1) is 5.92 Å². The van der Waals surface area contributed by atoms with Crippen LogP contribution in [0.1, 0.15) is 37.7 Å². The summed E-state index contributed by atoms with van der Waals surface area (Å²) in [5.74, 6) is 0.610. The molecule has 2 heterocycles. The van der Waals surface area contributed by atoms with Crippen LogP contribution in [0.5, 0.6) is 0 Å². The van der Waals surface area contributed by atoms with Gasteiger partial charge in [0.2, 0.25) is 5.91 Å². The summed E-state index contributed by atoms with van der Waals surface area (Å²) in [6.45, 7) is 4.64. The van der Waals surface area contributed by atoms with Crippen LogP contribution >= 0.6 is 0 Å². The maximum Gasteiger partial charge on any atom is 0.318 e. The number of carbonyl (C=O) groups excluding carboxylic acids is 2. The summed E-state index contributed by atoms with van der Waals surface area (Å²) in [5, 5.41) is 5.68. The van der Waals surface area contributed by atoms with E-state index in [2.05, 4.69) is 45.9 Å². The Kier molecular flexibility index (Phi) is 7.10. The average molecular weight is 373 g/mol. The number of nitrogens with zero attached hydrogens (tertiary/aromatic N) is 2. The molecule has 0 aromatic heterocycles. The van der Waals surface area contributed by atoms with Gasteiger partial charge in [-0.05, 0) is 56.7 Å². The predicted octanol–water partition coefficient (Wildman–Crippen LogP) is 2.21. The third-order valence-electron chi connectivity index (χ3n) is 5.85. The quantitative estimate of drug-likeness (QED) is 0.805. The number of rotatable bonds is 6. The second-order valence-electron chi connectivity index (χ2n) is 7.69. The zero-order valence-electron chi connectivity index (χ0n) is 16.3. The highest BCUT2D eigenvalue weighted by Gasteiger charge is 2.33. The molecular formula is C21H32N4O2. The van der Waals surface area contributed by atoms with Gasteiger partial charge in [-0.2, -0.15) is 0 Å². The average Bonchev–Trinajstić information content (AvgIpc) is 3.19. The van der Waals surface area contributed by atoms with Gasteiger partial charge in [-0.1, -0.05) is 30.3 Å². The molecule has 6 nitrogen and oxygen atoms in total. The fourth-order valence-corrected chi connectivity index (χ4v) is 4.21. The first-order valence-corrected chi connectivity index (χ1v) is 10.2. The summed E-state index contributed by atoms with van der Waals surface area (Å²) < 4.78 is 0. The Labute approximate surface area is 162 Å². The van der Waals surface area contributed by atoms with Crippen molar-refractivity contribution in [2.24, 2.45) is 5.92 Å². The van der Waals surface area contributed by atoms with Crippen LogP contribution in [0.3, 0.4) is 0 Å². The molecule has 2 aliphatic heterocycles. The molecular weight excluding hydrogens is 340 g/mol. The minimum Gasteiger partial charge on any atom is -0.357 e. The van der Waals surface area contributed by atoms with Gasteiger partial charge >= 0.3 is 6.03 Å². The highest BCUT2D eigenvalue weighted by atomic mass is 16.2. The lowest BCUT2D eigenvalue weighted by molar-refractivity contribution is -0.124. The van der Waals surface area contributed by atoms with Gasteiger partial charge in [-0.15, -0.1) is 0 Å². The van der Waals surface area contributed by atoms with Crippen molar-refractivity contribution in [3.8, 4) is 0 Å². The topological polar surface area (TPSA) is 64.7 Å². The Morgan fingerprint density at radius 2 is 1.81 bits per heavy atom. The van der Waals surface area contributed by atoms with Crippen molar-refractivity contribution in [2.45, 2.75) is 44.7 Å². The Balaban J connectivity index is 1.34. The van der Waals surface area contributed by atoms with Gasteiger partial charge in [-0.25, -0.2) is 4.79 Å². The number of hydrogen-bond acceptors (Lipinski definition) is 3. The summed E-state index contributed by atoms with van der Waals surface area (Å²) in [5.41, 5.74) is 1.37. The predicted molar refractivity (Wildman–Crippen MR) is 106 cm³/mol. The molecule has 6 heteroatoms. The second kappa shape index (κ2) is 9.74. The maximum atomic E-state index is 12.4. The Morgan fingerprint density at radius 1 is 1.07 bits per heavy atom. The summed E-state index contributed by atoms with van der Waals surface area (Å²) in [6, 6.07) is 10.2. The van der Waals surface area contributed by atoms with E-state index in [1.54, 1.807) is 11.9 Å². The van der Waals surface area contributed by atoms with Crippen LogP contribution in [0.15, 0.2) is 30.3 Å². The monoisotopic (exact) mass is 372 g/mol. The van der Waals surface area contributed by atoms with E-state index in [4.69, 9.17) is 0 Å². The van der Waals surface area contributed by atoms with E-state index in [-0.39, 0.29) is 18.0 Å². The number of urea groups is 1. The van der Waals surface area contributed by atoms with Crippen LogP contribution in [-0.2, 0) is 11.3 Å². The summed E-state index contributed by atoms with van der Waals surface area (Å²) in [7, 11) is 1.63. The molecule has 0 saturated carbocycles. The molecule has 0 aliphatic carbocycles. The lowest BCUT2D eigenvalue weighted by Crippen LogP contribution is -2.49. The molecule has 3 amide bonds. The first-order valence-electron chi connectivity index (χ1n) is 10.2. The van der Waals surface area contributed by atoms with E-state index in [1.807, 2.05) is 0 Å². The molecule has 27 heavy (non-hydrogen) atoms. The summed E-state index contributed by atoms with van der Waals surface area (Å²) >= 11 is 0. The van der Waals surface area contributed by atoms with Crippen molar-refractivity contribution >= 4 is 11.9 Å². The van der Waals surface area contributed by atoms with Crippen LogP contribution < -0.4 is 10.6 Å². The lowest BCUT2D eigenvalue weighted by Gasteiger charge is -2.32. The zero-order chi connectivity index (χ0) is 19.1. The van der Waals surface area contributed by atoms with Crippen molar-refractivity contribution in [2.75, 3.05) is 33.2 Å². The molecule has 2 aliphatic rings. The van der Waals surface area contributed by atoms with Crippen LogP contribution in [0.2, 0.25) is 0 Å². The smallest absolute Gasteiger partial charge is 0.318 e. The van der Waals surface area contributed by atoms with Gasteiger partial charge in [0.15, 0.2) is 0 Å². The molecule has 3 rings (SSSR count). The molecule has 0 spiro atoms. The normalized spacial score (nSPS) is 21.2. The molecule has 2 saturated heterocycles.